The molecule has 0 spiro atoms. The van der Waals surface area contributed by atoms with Crippen LogP contribution in [-0.4, -0.2) is 71.0 Å². The maximum atomic E-state index is 13.0. The number of furan rings is 1. The highest BCUT2D eigenvalue weighted by molar-refractivity contribution is 5.98. The van der Waals surface area contributed by atoms with Gasteiger partial charge in [-0.3, -0.25) is 9.59 Å². The van der Waals surface area contributed by atoms with Crippen molar-refractivity contribution in [2.75, 3.05) is 39.4 Å². The van der Waals surface area contributed by atoms with Crippen molar-refractivity contribution >= 4 is 22.8 Å². The standard InChI is InChI=1S/C25H28N4O4/c1-16-13-20-14-19(3-4-22(20)33-16)24(30)28-7-5-18(6-8-28)23-26-15-21(17(2)27-23)25(31)29-9-11-32-12-10-29/h3-4,13-15,18H,5-12H2,1-2H3. The lowest BCUT2D eigenvalue weighted by molar-refractivity contribution is 0.0301. The van der Waals surface area contributed by atoms with Crippen LogP contribution in [-0.2, 0) is 4.74 Å². The molecule has 2 aromatic heterocycles. The van der Waals surface area contributed by atoms with Gasteiger partial charge in [-0.05, 0) is 51.0 Å². The van der Waals surface area contributed by atoms with E-state index in [2.05, 4.69) is 9.97 Å². The second kappa shape index (κ2) is 8.94. The van der Waals surface area contributed by atoms with Crippen LogP contribution in [0.25, 0.3) is 11.0 Å². The molecule has 0 radical (unpaired) electrons. The number of morpholine rings is 1. The van der Waals surface area contributed by atoms with Gasteiger partial charge in [0.25, 0.3) is 11.8 Å². The van der Waals surface area contributed by atoms with Gasteiger partial charge in [-0.25, -0.2) is 9.97 Å². The van der Waals surface area contributed by atoms with E-state index in [0.29, 0.717) is 56.2 Å². The third-order valence-electron chi connectivity index (χ3n) is 6.56. The summed E-state index contributed by atoms with van der Waals surface area (Å²) < 4.78 is 10.9. The summed E-state index contributed by atoms with van der Waals surface area (Å²) >= 11 is 0. The van der Waals surface area contributed by atoms with Gasteiger partial charge in [0.2, 0.25) is 0 Å². The first-order chi connectivity index (χ1) is 16.0. The number of hydrogen-bond acceptors (Lipinski definition) is 6. The lowest BCUT2D eigenvalue weighted by atomic mass is 9.95. The average Bonchev–Trinajstić information content (AvgIpc) is 3.23. The molecule has 2 aliphatic heterocycles. The van der Waals surface area contributed by atoms with Crippen molar-refractivity contribution in [2.24, 2.45) is 0 Å². The van der Waals surface area contributed by atoms with Gasteiger partial charge in [-0.1, -0.05) is 0 Å². The molecule has 0 unspecified atom stereocenters. The molecule has 172 valence electrons. The highest BCUT2D eigenvalue weighted by atomic mass is 16.5. The first-order valence-corrected chi connectivity index (χ1v) is 11.5. The summed E-state index contributed by atoms with van der Waals surface area (Å²) in [7, 11) is 0. The Morgan fingerprint density at radius 2 is 1.70 bits per heavy atom. The zero-order valence-corrected chi connectivity index (χ0v) is 19.0. The smallest absolute Gasteiger partial charge is 0.257 e. The Labute approximate surface area is 192 Å². The number of likely N-dealkylation sites (tertiary alicyclic amines) is 1. The third-order valence-corrected chi connectivity index (χ3v) is 6.56. The van der Waals surface area contributed by atoms with E-state index < -0.39 is 0 Å². The Bertz CT molecular complexity index is 1190. The highest BCUT2D eigenvalue weighted by Crippen LogP contribution is 2.28. The number of hydrogen-bond donors (Lipinski definition) is 0. The largest absolute Gasteiger partial charge is 0.461 e. The molecular weight excluding hydrogens is 420 g/mol. The van der Waals surface area contributed by atoms with Gasteiger partial charge in [0.05, 0.1) is 24.5 Å². The van der Waals surface area contributed by atoms with Gasteiger partial charge in [0.1, 0.15) is 17.2 Å². The van der Waals surface area contributed by atoms with Crippen molar-refractivity contribution in [1.82, 2.24) is 19.8 Å². The minimum absolute atomic E-state index is 0.0347. The maximum Gasteiger partial charge on any atom is 0.257 e. The molecule has 2 amide bonds. The van der Waals surface area contributed by atoms with Crippen molar-refractivity contribution in [3.05, 3.63) is 58.9 Å². The molecular formula is C25H28N4O4. The van der Waals surface area contributed by atoms with Crippen molar-refractivity contribution < 1.29 is 18.7 Å². The molecule has 0 N–H and O–H groups in total. The zero-order chi connectivity index (χ0) is 22.9. The number of rotatable bonds is 3. The van der Waals surface area contributed by atoms with E-state index in [1.54, 1.807) is 11.1 Å². The number of carbonyl (C=O) groups excluding carboxylic acids is 2. The molecule has 5 rings (SSSR count). The van der Waals surface area contributed by atoms with Gasteiger partial charge < -0.3 is 19.0 Å². The second-order valence-corrected chi connectivity index (χ2v) is 8.81. The van der Waals surface area contributed by atoms with Crippen LogP contribution in [0.4, 0.5) is 0 Å². The van der Waals surface area contributed by atoms with Gasteiger partial charge in [-0.2, -0.15) is 0 Å². The SMILES string of the molecule is Cc1cc2cc(C(=O)N3CCC(c4ncc(C(=O)N5CCOCC5)c(C)n4)CC3)ccc2o1. The van der Waals surface area contributed by atoms with Gasteiger partial charge in [0, 0.05) is 49.2 Å². The highest BCUT2D eigenvalue weighted by Gasteiger charge is 2.28. The average molecular weight is 449 g/mol. The van der Waals surface area contributed by atoms with E-state index in [1.165, 1.54) is 0 Å². The van der Waals surface area contributed by atoms with Gasteiger partial charge in [-0.15, -0.1) is 0 Å². The summed E-state index contributed by atoms with van der Waals surface area (Å²) in [5, 5.41) is 0.948. The van der Waals surface area contributed by atoms with Crippen molar-refractivity contribution in [3.63, 3.8) is 0 Å². The lowest BCUT2D eigenvalue weighted by Gasteiger charge is -2.31. The number of carbonyl (C=O) groups is 2. The van der Waals surface area contributed by atoms with Crippen molar-refractivity contribution in [2.45, 2.75) is 32.6 Å². The molecule has 1 aromatic carbocycles. The Morgan fingerprint density at radius 3 is 2.42 bits per heavy atom. The Morgan fingerprint density at radius 1 is 0.970 bits per heavy atom. The Kier molecular flexibility index (Phi) is 5.85. The van der Waals surface area contributed by atoms with Crippen LogP contribution in [0.15, 0.2) is 34.9 Å². The summed E-state index contributed by atoms with van der Waals surface area (Å²) in [6.45, 7) is 7.41. The van der Waals surface area contributed by atoms with Gasteiger partial charge in [0.15, 0.2) is 0 Å². The molecule has 2 fully saturated rings. The van der Waals surface area contributed by atoms with Crippen molar-refractivity contribution in [3.8, 4) is 0 Å². The van der Waals surface area contributed by atoms with Crippen LogP contribution in [0, 0.1) is 13.8 Å². The molecule has 2 aliphatic rings. The first-order valence-electron chi connectivity index (χ1n) is 11.5. The molecule has 0 saturated carbocycles. The minimum Gasteiger partial charge on any atom is -0.461 e. The fourth-order valence-electron chi connectivity index (χ4n) is 4.66. The second-order valence-electron chi connectivity index (χ2n) is 8.81. The van der Waals surface area contributed by atoms with E-state index in [9.17, 15) is 9.59 Å². The predicted octanol–water partition coefficient (Wildman–Crippen LogP) is 3.33. The minimum atomic E-state index is -0.0347. The van der Waals surface area contributed by atoms with Crippen LogP contribution in [0.1, 0.15) is 56.8 Å². The molecule has 0 atom stereocenters. The molecule has 4 heterocycles. The third kappa shape index (κ3) is 4.35. The summed E-state index contributed by atoms with van der Waals surface area (Å²) in [6, 6.07) is 7.54. The molecule has 8 nitrogen and oxygen atoms in total. The van der Waals surface area contributed by atoms with E-state index in [1.807, 2.05) is 43.0 Å². The Balaban J connectivity index is 1.23. The van der Waals surface area contributed by atoms with E-state index in [4.69, 9.17) is 9.15 Å². The fraction of sp³-hybridized carbons (Fsp3) is 0.440. The number of piperidine rings is 1. The van der Waals surface area contributed by atoms with Crippen LogP contribution >= 0.6 is 0 Å². The normalized spacial score (nSPS) is 17.5. The number of nitrogens with zero attached hydrogens (tertiary/aromatic N) is 4. The Hall–Kier alpha value is -3.26. The van der Waals surface area contributed by atoms with E-state index in [0.717, 1.165) is 35.4 Å². The number of amides is 2. The number of aromatic nitrogens is 2. The molecule has 3 aromatic rings. The fourth-order valence-corrected chi connectivity index (χ4v) is 4.66. The van der Waals surface area contributed by atoms with Crippen LogP contribution in [0.3, 0.4) is 0 Å². The quantitative estimate of drug-likeness (QED) is 0.611. The first kappa shape index (κ1) is 21.6. The van der Waals surface area contributed by atoms with Crippen LogP contribution in [0.2, 0.25) is 0 Å². The zero-order valence-electron chi connectivity index (χ0n) is 19.0. The maximum absolute atomic E-state index is 13.0. The van der Waals surface area contributed by atoms with Crippen LogP contribution < -0.4 is 0 Å². The molecule has 8 heteroatoms. The van der Waals surface area contributed by atoms with Crippen molar-refractivity contribution in [1.29, 1.82) is 0 Å². The molecule has 0 aliphatic carbocycles. The molecule has 33 heavy (non-hydrogen) atoms. The number of ether oxygens (including phenoxy) is 1. The summed E-state index contributed by atoms with van der Waals surface area (Å²) in [5.41, 5.74) is 2.74. The summed E-state index contributed by atoms with van der Waals surface area (Å²) in [5.74, 6) is 1.78. The predicted molar refractivity (Wildman–Crippen MR) is 122 cm³/mol. The van der Waals surface area contributed by atoms with Crippen LogP contribution in [0.5, 0.6) is 0 Å². The summed E-state index contributed by atoms with van der Waals surface area (Å²) in [6.07, 6.45) is 3.26. The van der Waals surface area contributed by atoms with E-state index in [-0.39, 0.29) is 17.7 Å². The molecule has 2 saturated heterocycles. The number of fused-ring (bicyclic) bond motifs is 1. The monoisotopic (exact) mass is 448 g/mol. The van der Waals surface area contributed by atoms with E-state index >= 15 is 0 Å². The molecule has 0 bridgehead atoms. The lowest BCUT2D eigenvalue weighted by Crippen LogP contribution is -2.41. The topological polar surface area (TPSA) is 88.8 Å². The number of aryl methyl sites for hydroxylation is 2. The van der Waals surface area contributed by atoms with Gasteiger partial charge >= 0.3 is 0 Å². The summed E-state index contributed by atoms with van der Waals surface area (Å²) in [4.78, 5) is 38.7. The number of benzene rings is 1.